The predicted molar refractivity (Wildman–Crippen MR) is 394 cm³/mol. The van der Waals surface area contributed by atoms with Crippen LogP contribution < -0.4 is 0 Å². The van der Waals surface area contributed by atoms with Crippen molar-refractivity contribution in [1.82, 2.24) is 19.9 Å². The van der Waals surface area contributed by atoms with Gasteiger partial charge >= 0.3 is 48.6 Å². The van der Waals surface area contributed by atoms with Gasteiger partial charge in [0.15, 0.2) is 0 Å². The molecule has 6 aromatic heterocycles. The molecule has 0 amide bonds. The number of alkyl halides is 12. The van der Waals surface area contributed by atoms with E-state index in [1.54, 1.807) is 71.7 Å². The average molecular weight is 1690 g/mol. The fourth-order valence-electron chi connectivity index (χ4n) is 11.4. The predicted octanol–water partition coefficient (Wildman–Crippen LogP) is 19.3. The molecule has 0 saturated carbocycles. The standard InChI is InChI=1S/2C22H16F5NO3.2C20H16F3NO3S/c2*23-16-6-7-17(18(24)10-16)19(20(29)14-4-2-8-28-11-14)21(30)31-12-13-3-1-5-15(9-13)22(25,26)27;2*21-20(22,23)15-6-1-4-13(10-15)12-27-19(26)17(16-7-3-9-28-16)18(25)14-5-2-8-24-11-14/h2*1-11,19-20,29H,12H2;2*1-11,17-18,25H,12H2/t19-,20+;19-,20-;17-,18+;17-,18-/m1111/s1. The molecule has 0 radical (unpaired) electrons. The van der Waals surface area contributed by atoms with Gasteiger partial charge in [0.25, 0.3) is 0 Å². The molecule has 0 aliphatic heterocycles. The molecule has 0 bridgehead atoms. The number of ether oxygens (including phenoxy) is 4. The zero-order valence-electron chi connectivity index (χ0n) is 60.6. The van der Waals surface area contributed by atoms with Gasteiger partial charge in [-0.2, -0.15) is 52.7 Å². The van der Waals surface area contributed by atoms with Gasteiger partial charge in [0.2, 0.25) is 0 Å². The largest absolute Gasteiger partial charge is 0.460 e. The highest BCUT2D eigenvalue weighted by Gasteiger charge is 2.40. The lowest BCUT2D eigenvalue weighted by atomic mass is 9.89. The summed E-state index contributed by atoms with van der Waals surface area (Å²) < 4.78 is 230. The molecule has 0 spiro atoms. The summed E-state index contributed by atoms with van der Waals surface area (Å²) >= 11 is 2.56. The van der Waals surface area contributed by atoms with Crippen molar-refractivity contribution in [2.24, 2.45) is 0 Å². The Morgan fingerprint density at radius 2 is 0.568 bits per heavy atom. The third-order valence-electron chi connectivity index (χ3n) is 17.2. The summed E-state index contributed by atoms with van der Waals surface area (Å²) in [5, 5.41) is 46.3. The van der Waals surface area contributed by atoms with Gasteiger partial charge in [0, 0.05) is 105 Å². The molecule has 118 heavy (non-hydrogen) atoms. The van der Waals surface area contributed by atoms with E-state index in [2.05, 4.69) is 19.9 Å². The fraction of sp³-hybridized carbons (Fsp3) is 0.190. The molecule has 6 aromatic carbocycles. The van der Waals surface area contributed by atoms with Crippen LogP contribution in [0.1, 0.15) is 136 Å². The lowest BCUT2D eigenvalue weighted by Gasteiger charge is -2.22. The van der Waals surface area contributed by atoms with Crippen LogP contribution in [0.3, 0.4) is 0 Å². The first-order valence-corrected chi connectivity index (χ1v) is 36.4. The first-order valence-electron chi connectivity index (χ1n) is 34.6. The Labute approximate surface area is 668 Å². The summed E-state index contributed by atoms with van der Waals surface area (Å²) in [6.45, 7) is -1.74. The number of carbonyl (C=O) groups excluding carboxylic acids is 4. The van der Waals surface area contributed by atoms with Crippen LogP contribution in [0.15, 0.2) is 267 Å². The van der Waals surface area contributed by atoms with Crippen molar-refractivity contribution in [1.29, 1.82) is 0 Å². The maximum atomic E-state index is 14.4. The first-order chi connectivity index (χ1) is 56.0. The van der Waals surface area contributed by atoms with E-state index in [-0.39, 0.29) is 57.7 Å². The van der Waals surface area contributed by atoms with E-state index in [4.69, 9.17) is 18.9 Å². The molecular formula is C84H64F16N4O12S2. The monoisotopic (exact) mass is 1690 g/mol. The number of rotatable bonds is 24. The number of hydrogen-bond acceptors (Lipinski definition) is 18. The number of nitrogens with zero attached hydrogens (tertiary/aromatic N) is 4. The van der Waals surface area contributed by atoms with Gasteiger partial charge in [0.1, 0.15) is 73.4 Å². The summed E-state index contributed by atoms with van der Waals surface area (Å²) in [6.07, 6.45) is -12.3. The molecule has 0 fully saturated rings. The van der Waals surface area contributed by atoms with Crippen LogP contribution in [0.25, 0.3) is 0 Å². The molecule has 0 aliphatic carbocycles. The Balaban J connectivity index is 0.000000180. The Morgan fingerprint density at radius 3 is 0.788 bits per heavy atom. The van der Waals surface area contributed by atoms with E-state index in [1.165, 1.54) is 121 Å². The molecule has 0 aliphatic rings. The van der Waals surface area contributed by atoms with E-state index in [0.29, 0.717) is 33.0 Å². The third kappa shape index (κ3) is 25.5. The number of halogens is 16. The van der Waals surface area contributed by atoms with Crippen LogP contribution in [0.4, 0.5) is 70.2 Å². The minimum absolute atomic E-state index is 0.0531. The number of aliphatic hydroxyl groups excluding tert-OH is 4. The quantitative estimate of drug-likeness (QED) is 0.0250. The van der Waals surface area contributed by atoms with Crippen molar-refractivity contribution in [2.75, 3.05) is 0 Å². The number of aromatic nitrogens is 4. The smallest absolute Gasteiger partial charge is 0.416 e. The second-order valence-electron chi connectivity index (χ2n) is 25.4. The average Bonchev–Trinajstić information content (AvgIpc) is 1.04. The second kappa shape index (κ2) is 41.2. The highest BCUT2D eigenvalue weighted by Crippen LogP contribution is 2.41. The van der Waals surface area contributed by atoms with Crippen molar-refractivity contribution >= 4 is 46.6 Å². The Kier molecular flexibility index (Phi) is 31.3. The molecule has 12 aromatic rings. The number of aliphatic hydroxyl groups is 4. The van der Waals surface area contributed by atoms with Gasteiger partial charge in [-0.05, 0) is 130 Å². The van der Waals surface area contributed by atoms with Crippen molar-refractivity contribution in [3.8, 4) is 0 Å². The third-order valence-corrected chi connectivity index (χ3v) is 19.1. The Hall–Kier alpha value is -12.1. The minimum Gasteiger partial charge on any atom is -0.460 e. The van der Waals surface area contributed by atoms with Gasteiger partial charge in [-0.3, -0.25) is 39.1 Å². The van der Waals surface area contributed by atoms with E-state index in [0.717, 1.165) is 84.9 Å². The fourth-order valence-corrected chi connectivity index (χ4v) is 13.1. The molecule has 16 nitrogen and oxygen atoms in total. The number of carbonyl (C=O) groups is 4. The minimum atomic E-state index is -4.57. The van der Waals surface area contributed by atoms with Crippen molar-refractivity contribution < 1.29 is 129 Å². The van der Waals surface area contributed by atoms with E-state index < -0.39 is 155 Å². The number of hydrogen-bond donors (Lipinski definition) is 4. The van der Waals surface area contributed by atoms with Gasteiger partial charge in [-0.1, -0.05) is 97.1 Å². The molecule has 4 N–H and O–H groups in total. The van der Waals surface area contributed by atoms with E-state index >= 15 is 0 Å². The maximum Gasteiger partial charge on any atom is 0.416 e. The summed E-state index contributed by atoms with van der Waals surface area (Å²) in [6, 6.07) is 41.8. The van der Waals surface area contributed by atoms with Gasteiger partial charge in [-0.15, -0.1) is 22.7 Å². The Morgan fingerprint density at radius 1 is 0.314 bits per heavy atom. The van der Waals surface area contributed by atoms with Gasteiger partial charge in [0.05, 0.1) is 46.7 Å². The molecule has 12 rings (SSSR count). The molecule has 616 valence electrons. The van der Waals surface area contributed by atoms with Crippen molar-refractivity contribution in [2.45, 2.75) is 99.2 Å². The number of benzene rings is 6. The highest BCUT2D eigenvalue weighted by molar-refractivity contribution is 7.10. The number of esters is 4. The maximum absolute atomic E-state index is 14.4. The van der Waals surface area contributed by atoms with Crippen LogP contribution in [0.5, 0.6) is 0 Å². The van der Waals surface area contributed by atoms with Crippen molar-refractivity contribution in [3.63, 3.8) is 0 Å². The summed E-state index contributed by atoms with van der Waals surface area (Å²) in [5.41, 5.74) is -2.36. The van der Waals surface area contributed by atoms with E-state index in [9.17, 15) is 110 Å². The molecule has 6 heterocycles. The van der Waals surface area contributed by atoms with Crippen LogP contribution in [-0.4, -0.2) is 64.2 Å². The van der Waals surface area contributed by atoms with Crippen molar-refractivity contribution in [3.05, 3.63) is 378 Å². The zero-order valence-corrected chi connectivity index (χ0v) is 62.2. The Bertz CT molecular complexity index is 4910. The molecule has 0 saturated heterocycles. The summed E-state index contributed by atoms with van der Waals surface area (Å²) in [4.78, 5) is 67.6. The van der Waals surface area contributed by atoms with Gasteiger partial charge < -0.3 is 39.4 Å². The number of thiophene rings is 2. The van der Waals surface area contributed by atoms with Crippen LogP contribution in [0, 0.1) is 23.3 Å². The van der Waals surface area contributed by atoms with Crippen LogP contribution in [-0.2, 0) is 89.3 Å². The summed E-state index contributed by atoms with van der Waals surface area (Å²) in [5.74, 6) is -12.8. The first kappa shape index (κ1) is 89.8. The highest BCUT2D eigenvalue weighted by atomic mass is 32.1. The van der Waals surface area contributed by atoms with Gasteiger partial charge in [-0.25, -0.2) is 17.6 Å². The SMILES string of the molecule is O=C(OCc1cccc(C(F)(F)F)c1)[C@H](c1ccc(F)cc1F)[C@@H](O)c1cccnc1.O=C(OCc1cccc(C(F)(F)F)c1)[C@H](c1ccc(F)cc1F)[C@H](O)c1cccnc1.O=C(OCc1cccc(C(F)(F)F)c1)[C@H](c1cccs1)[C@@H](O)c1cccnc1.O=C(OCc1cccc(C(F)(F)F)c1)[C@H](c1cccs1)[C@H](O)c1cccnc1. The lowest BCUT2D eigenvalue weighted by molar-refractivity contribution is -0.151. The topological polar surface area (TPSA) is 238 Å². The lowest BCUT2D eigenvalue weighted by Crippen LogP contribution is -2.24. The normalized spacial score (nSPS) is 13.6. The molecular weight excluding hydrogens is 1630 g/mol. The number of pyridine rings is 4. The van der Waals surface area contributed by atoms with Crippen LogP contribution in [0.2, 0.25) is 0 Å². The second-order valence-corrected chi connectivity index (χ2v) is 27.4. The summed E-state index contributed by atoms with van der Waals surface area (Å²) in [7, 11) is 0. The zero-order chi connectivity index (χ0) is 85.5. The molecule has 34 heteroatoms. The molecule has 0 unspecified atom stereocenters. The van der Waals surface area contributed by atoms with E-state index in [1.807, 2.05) is 0 Å². The van der Waals surface area contributed by atoms with Crippen LogP contribution >= 0.6 is 22.7 Å². The molecule has 8 atom stereocenters.